The average molecular weight is 511 g/mol. The molecule has 11 heteroatoms. The van der Waals surface area contributed by atoms with E-state index >= 15 is 0 Å². The lowest BCUT2D eigenvalue weighted by Gasteiger charge is -2.14. The molecule has 0 radical (unpaired) electrons. The van der Waals surface area contributed by atoms with Gasteiger partial charge in [0.15, 0.2) is 23.1 Å². The maximum Gasteiger partial charge on any atom is 0.241 e. The molecule has 0 atom stereocenters. The number of benzene rings is 3. The van der Waals surface area contributed by atoms with Crippen LogP contribution in [-0.2, 0) is 21.2 Å². The van der Waals surface area contributed by atoms with Gasteiger partial charge in [-0.1, -0.05) is 23.7 Å². The van der Waals surface area contributed by atoms with Gasteiger partial charge >= 0.3 is 0 Å². The maximum absolute atomic E-state index is 14.1. The summed E-state index contributed by atoms with van der Waals surface area (Å²) in [6.45, 7) is -0.576. The van der Waals surface area contributed by atoms with E-state index in [9.17, 15) is 22.0 Å². The molecule has 0 aromatic heterocycles. The van der Waals surface area contributed by atoms with Gasteiger partial charge in [-0.3, -0.25) is 4.79 Å². The van der Waals surface area contributed by atoms with Gasteiger partial charge in [0.2, 0.25) is 15.9 Å². The monoisotopic (exact) mass is 510 g/mol. The van der Waals surface area contributed by atoms with Gasteiger partial charge in [-0.25, -0.2) is 21.9 Å². The lowest BCUT2D eigenvalue weighted by molar-refractivity contribution is -0.115. The molecule has 0 bridgehead atoms. The molecule has 0 aliphatic rings. The number of ether oxygens (including phenoxy) is 2. The van der Waals surface area contributed by atoms with Gasteiger partial charge in [0, 0.05) is 23.2 Å². The van der Waals surface area contributed by atoms with Crippen LogP contribution >= 0.6 is 11.6 Å². The lowest BCUT2D eigenvalue weighted by atomic mass is 10.0. The third-order valence-electron chi connectivity index (χ3n) is 4.84. The number of rotatable bonds is 9. The van der Waals surface area contributed by atoms with Gasteiger partial charge in [-0.15, -0.1) is 0 Å². The zero-order valence-corrected chi connectivity index (χ0v) is 19.8. The summed E-state index contributed by atoms with van der Waals surface area (Å²) in [5.41, 5.74) is 0.781. The normalized spacial score (nSPS) is 11.2. The number of hydrogen-bond acceptors (Lipinski definition) is 5. The first-order valence-electron chi connectivity index (χ1n) is 9.87. The van der Waals surface area contributed by atoms with Crippen LogP contribution in [0, 0.1) is 11.6 Å². The van der Waals surface area contributed by atoms with Crippen LogP contribution in [0.1, 0.15) is 11.1 Å². The highest BCUT2D eigenvalue weighted by atomic mass is 35.5. The summed E-state index contributed by atoms with van der Waals surface area (Å²) < 4.78 is 65.3. The number of anilines is 1. The van der Waals surface area contributed by atoms with Crippen molar-refractivity contribution in [3.63, 3.8) is 0 Å². The van der Waals surface area contributed by atoms with Gasteiger partial charge in [-0.05, 0) is 47.5 Å². The number of nitrogens with one attached hydrogen (secondary N) is 2. The predicted octanol–water partition coefficient (Wildman–Crippen LogP) is 4.14. The first-order chi connectivity index (χ1) is 16.1. The van der Waals surface area contributed by atoms with Crippen LogP contribution in [0.5, 0.6) is 11.5 Å². The van der Waals surface area contributed by atoms with Gasteiger partial charge in [0.05, 0.1) is 25.7 Å². The van der Waals surface area contributed by atoms with Crippen molar-refractivity contribution < 1.29 is 31.5 Å². The Bertz CT molecular complexity index is 1320. The van der Waals surface area contributed by atoms with Crippen molar-refractivity contribution >= 4 is 33.2 Å². The fourth-order valence-electron chi connectivity index (χ4n) is 3.14. The van der Waals surface area contributed by atoms with Crippen LogP contribution in [0.25, 0.3) is 0 Å². The average Bonchev–Trinajstić information content (AvgIpc) is 2.82. The largest absolute Gasteiger partial charge is 0.493 e. The lowest BCUT2D eigenvalue weighted by Crippen LogP contribution is -2.33. The zero-order valence-electron chi connectivity index (χ0n) is 18.2. The van der Waals surface area contributed by atoms with Crippen LogP contribution in [0.4, 0.5) is 14.5 Å². The molecule has 0 unspecified atom stereocenters. The molecule has 1 amide bonds. The second kappa shape index (κ2) is 10.8. The van der Waals surface area contributed by atoms with Crippen molar-refractivity contribution in [2.75, 3.05) is 26.1 Å². The van der Waals surface area contributed by atoms with Crippen molar-refractivity contribution in [3.05, 3.63) is 82.4 Å². The van der Waals surface area contributed by atoms with E-state index in [4.69, 9.17) is 21.1 Å². The Hall–Kier alpha value is -3.21. The molecule has 0 spiro atoms. The highest BCUT2D eigenvalue weighted by Gasteiger charge is 2.19. The molecule has 2 N–H and O–H groups in total. The van der Waals surface area contributed by atoms with E-state index in [-0.39, 0.29) is 28.3 Å². The molecule has 0 saturated carbocycles. The molecule has 34 heavy (non-hydrogen) atoms. The number of carbonyl (C=O) groups is 1. The molecule has 0 aliphatic heterocycles. The van der Waals surface area contributed by atoms with E-state index in [0.29, 0.717) is 16.3 Å². The Morgan fingerprint density at radius 1 is 0.971 bits per heavy atom. The molecule has 0 aliphatic carbocycles. The minimum Gasteiger partial charge on any atom is -0.493 e. The molecule has 3 aromatic carbocycles. The summed E-state index contributed by atoms with van der Waals surface area (Å²) >= 11 is 6.03. The van der Waals surface area contributed by atoms with Gasteiger partial charge < -0.3 is 14.8 Å². The van der Waals surface area contributed by atoms with Gasteiger partial charge in [-0.2, -0.15) is 0 Å². The number of halogens is 3. The number of hydrogen-bond donors (Lipinski definition) is 2. The second-order valence-corrected chi connectivity index (χ2v) is 9.28. The van der Waals surface area contributed by atoms with E-state index in [1.165, 1.54) is 62.8 Å². The van der Waals surface area contributed by atoms with Gasteiger partial charge in [0.25, 0.3) is 0 Å². The van der Waals surface area contributed by atoms with Crippen LogP contribution in [0.3, 0.4) is 0 Å². The summed E-state index contributed by atoms with van der Waals surface area (Å²) in [5, 5.41) is 2.90. The fourth-order valence-corrected chi connectivity index (χ4v) is 4.33. The Labute approximate surface area is 200 Å². The van der Waals surface area contributed by atoms with Crippen molar-refractivity contribution in [2.45, 2.75) is 11.3 Å². The van der Waals surface area contributed by atoms with Crippen molar-refractivity contribution in [1.82, 2.24) is 4.72 Å². The Morgan fingerprint density at radius 3 is 2.41 bits per heavy atom. The summed E-state index contributed by atoms with van der Waals surface area (Å²) in [7, 11) is -1.25. The number of amides is 1. The minimum atomic E-state index is -4.04. The summed E-state index contributed by atoms with van der Waals surface area (Å²) in [5.74, 6) is -2.10. The fraction of sp³-hybridized carbons (Fsp3) is 0.174. The minimum absolute atomic E-state index is 0.0445. The van der Waals surface area contributed by atoms with Crippen LogP contribution in [0.15, 0.2) is 59.5 Å². The van der Waals surface area contributed by atoms with E-state index < -0.39 is 34.1 Å². The summed E-state index contributed by atoms with van der Waals surface area (Å²) in [6.07, 6.45) is -0.0445. The van der Waals surface area contributed by atoms with E-state index in [1.807, 2.05) is 0 Å². The van der Waals surface area contributed by atoms with E-state index in [2.05, 4.69) is 10.0 Å². The molecular formula is C23H21ClF2N2O5S. The number of methoxy groups -OCH3 is 2. The SMILES string of the molecule is COc1ccc(S(=O)(=O)NCC(=O)Nc2ccc(Cl)cc2Cc2cccc(F)c2F)cc1OC. The predicted molar refractivity (Wildman–Crippen MR) is 124 cm³/mol. The molecule has 3 aromatic rings. The quantitative estimate of drug-likeness (QED) is 0.451. The highest BCUT2D eigenvalue weighted by molar-refractivity contribution is 7.89. The standard InChI is InChI=1S/C23H21ClF2N2O5S/c1-32-20-9-7-17(12-21(20)33-2)34(30,31)27-13-22(29)28-19-8-6-16(24)11-15(19)10-14-4-3-5-18(25)23(14)26/h3-9,11-12,27H,10,13H2,1-2H3,(H,28,29). The van der Waals surface area contributed by atoms with E-state index in [1.54, 1.807) is 0 Å². The number of carbonyl (C=O) groups excluding carboxylic acids is 1. The Balaban J connectivity index is 1.73. The Morgan fingerprint density at radius 2 is 1.71 bits per heavy atom. The van der Waals surface area contributed by atoms with Crippen LogP contribution in [0.2, 0.25) is 5.02 Å². The topological polar surface area (TPSA) is 93.7 Å². The molecule has 7 nitrogen and oxygen atoms in total. The molecule has 0 heterocycles. The molecular weight excluding hydrogens is 490 g/mol. The third kappa shape index (κ3) is 6.02. The van der Waals surface area contributed by atoms with Crippen molar-refractivity contribution in [3.8, 4) is 11.5 Å². The third-order valence-corrected chi connectivity index (χ3v) is 6.48. The molecule has 0 fully saturated rings. The van der Waals surface area contributed by atoms with Crippen molar-refractivity contribution in [1.29, 1.82) is 0 Å². The molecule has 180 valence electrons. The van der Waals surface area contributed by atoms with Crippen molar-refractivity contribution in [2.24, 2.45) is 0 Å². The first kappa shape index (κ1) is 25.4. The zero-order chi connectivity index (χ0) is 24.9. The maximum atomic E-state index is 14.1. The van der Waals surface area contributed by atoms with Gasteiger partial charge in [0.1, 0.15) is 0 Å². The second-order valence-electron chi connectivity index (χ2n) is 7.08. The summed E-state index contributed by atoms with van der Waals surface area (Å²) in [4.78, 5) is 12.4. The van der Waals surface area contributed by atoms with E-state index in [0.717, 1.165) is 6.07 Å². The highest BCUT2D eigenvalue weighted by Crippen LogP contribution is 2.29. The molecule has 3 rings (SSSR count). The van der Waals surface area contributed by atoms with Crippen LogP contribution < -0.4 is 19.5 Å². The molecule has 0 saturated heterocycles. The van der Waals surface area contributed by atoms with Crippen LogP contribution in [-0.4, -0.2) is 35.1 Å². The summed E-state index contributed by atoms with van der Waals surface area (Å²) in [6, 6.07) is 12.3. The Kier molecular flexibility index (Phi) is 8.08. The number of sulfonamides is 1. The first-order valence-corrected chi connectivity index (χ1v) is 11.7. The smallest absolute Gasteiger partial charge is 0.241 e.